The first-order chi connectivity index (χ1) is 13.8. The Morgan fingerprint density at radius 3 is 2.89 bits per heavy atom. The van der Waals surface area contributed by atoms with Crippen molar-refractivity contribution in [2.75, 3.05) is 18.4 Å². The zero-order valence-corrected chi connectivity index (χ0v) is 17.7. The van der Waals surface area contributed by atoms with Crippen molar-refractivity contribution in [2.24, 2.45) is 0 Å². The molecule has 1 N–H and O–H groups in total. The van der Waals surface area contributed by atoms with Gasteiger partial charge in [0.05, 0.1) is 4.88 Å². The van der Waals surface area contributed by atoms with E-state index in [2.05, 4.69) is 27.7 Å². The molecule has 0 aliphatic carbocycles. The van der Waals surface area contributed by atoms with Gasteiger partial charge in [-0.2, -0.15) is 0 Å². The molecule has 0 spiro atoms. The van der Waals surface area contributed by atoms with Gasteiger partial charge in [-0.05, 0) is 97.1 Å². The van der Waals surface area contributed by atoms with Crippen LogP contribution < -0.4 is 5.32 Å². The summed E-state index contributed by atoms with van der Waals surface area (Å²) in [6.07, 6.45) is 8.04. The normalized spacial score (nSPS) is 23.3. The summed E-state index contributed by atoms with van der Waals surface area (Å²) in [6.45, 7) is 2.53. The first-order valence-corrected chi connectivity index (χ1v) is 12.1. The maximum atomic E-state index is 12.4. The van der Waals surface area contributed by atoms with Crippen LogP contribution >= 0.6 is 22.7 Å². The molecule has 5 rings (SSSR count). The summed E-state index contributed by atoms with van der Waals surface area (Å²) >= 11 is 3.32. The molecule has 2 aliphatic rings. The minimum absolute atomic E-state index is 0.0162. The fourth-order valence-corrected chi connectivity index (χ4v) is 6.54. The highest BCUT2D eigenvalue weighted by Gasteiger charge is 2.28. The van der Waals surface area contributed by atoms with Crippen LogP contribution in [-0.4, -0.2) is 29.9 Å². The molecule has 28 heavy (non-hydrogen) atoms. The van der Waals surface area contributed by atoms with Gasteiger partial charge in [0, 0.05) is 16.4 Å². The second-order valence-electron chi connectivity index (χ2n) is 8.08. The van der Waals surface area contributed by atoms with E-state index in [1.54, 1.807) is 0 Å². The number of rotatable bonds is 3. The standard InChI is InChI=1S/C23H26N2OS2/c26-23(22-5-3-13-27-22)24-17-7-9-21-19(14-17)20(15-28-21)16-6-8-18-4-1-2-11-25(18)12-10-16/h3,5,7,9,13-16,18H,1-2,4,6,8,10-12H2,(H,24,26). The van der Waals surface area contributed by atoms with Gasteiger partial charge in [-0.3, -0.25) is 4.79 Å². The van der Waals surface area contributed by atoms with E-state index >= 15 is 0 Å². The lowest BCUT2D eigenvalue weighted by Gasteiger charge is -2.33. The Morgan fingerprint density at radius 2 is 2.00 bits per heavy atom. The number of thiophene rings is 2. The fourth-order valence-electron chi connectivity index (χ4n) is 4.90. The van der Waals surface area contributed by atoms with E-state index < -0.39 is 0 Å². The number of piperidine rings is 1. The van der Waals surface area contributed by atoms with Gasteiger partial charge in [0.1, 0.15) is 0 Å². The number of nitrogens with zero attached hydrogens (tertiary/aromatic N) is 1. The number of fused-ring (bicyclic) bond motifs is 2. The second kappa shape index (κ2) is 7.97. The number of carbonyl (C=O) groups is 1. The zero-order valence-electron chi connectivity index (χ0n) is 16.0. The maximum absolute atomic E-state index is 12.4. The molecular weight excluding hydrogens is 384 g/mol. The third kappa shape index (κ3) is 3.63. The summed E-state index contributed by atoms with van der Waals surface area (Å²) in [5.74, 6) is 0.625. The highest BCUT2D eigenvalue weighted by atomic mass is 32.1. The average molecular weight is 411 g/mol. The van der Waals surface area contributed by atoms with Crippen molar-refractivity contribution in [1.82, 2.24) is 4.90 Å². The van der Waals surface area contributed by atoms with Gasteiger partial charge >= 0.3 is 0 Å². The van der Waals surface area contributed by atoms with Gasteiger partial charge in [0.15, 0.2) is 0 Å². The van der Waals surface area contributed by atoms with E-state index in [-0.39, 0.29) is 5.91 Å². The highest BCUT2D eigenvalue weighted by Crippen LogP contribution is 2.40. The Bertz CT molecular complexity index is 946. The number of nitrogens with one attached hydrogen (secondary N) is 1. The monoisotopic (exact) mass is 410 g/mol. The topological polar surface area (TPSA) is 32.3 Å². The van der Waals surface area contributed by atoms with Crippen molar-refractivity contribution in [1.29, 1.82) is 0 Å². The van der Waals surface area contributed by atoms with Gasteiger partial charge in [-0.15, -0.1) is 22.7 Å². The van der Waals surface area contributed by atoms with Crippen molar-refractivity contribution in [3.8, 4) is 0 Å². The number of hydrogen-bond donors (Lipinski definition) is 1. The van der Waals surface area contributed by atoms with E-state index in [4.69, 9.17) is 0 Å². The number of benzene rings is 1. The van der Waals surface area contributed by atoms with Crippen molar-refractivity contribution in [3.05, 3.63) is 51.5 Å². The summed E-state index contributed by atoms with van der Waals surface area (Å²) in [7, 11) is 0. The van der Waals surface area contributed by atoms with Gasteiger partial charge in [0.2, 0.25) is 0 Å². The smallest absolute Gasteiger partial charge is 0.265 e. The third-order valence-corrected chi connectivity index (χ3v) is 8.26. The van der Waals surface area contributed by atoms with Crippen LogP contribution in [0.2, 0.25) is 0 Å². The van der Waals surface area contributed by atoms with E-state index in [9.17, 15) is 4.79 Å². The molecule has 1 amide bonds. The van der Waals surface area contributed by atoms with E-state index in [0.29, 0.717) is 5.92 Å². The summed E-state index contributed by atoms with van der Waals surface area (Å²) < 4.78 is 1.33. The molecule has 0 saturated carbocycles. The fraction of sp³-hybridized carbons (Fsp3) is 0.435. The number of anilines is 1. The second-order valence-corrected chi connectivity index (χ2v) is 9.94. The summed E-state index contributed by atoms with van der Waals surface area (Å²) in [5.41, 5.74) is 2.39. The molecule has 146 valence electrons. The van der Waals surface area contributed by atoms with Crippen molar-refractivity contribution in [2.45, 2.75) is 50.5 Å². The van der Waals surface area contributed by atoms with Gasteiger partial charge < -0.3 is 10.2 Å². The van der Waals surface area contributed by atoms with Crippen molar-refractivity contribution < 1.29 is 4.79 Å². The van der Waals surface area contributed by atoms with Crippen LogP contribution in [0.3, 0.4) is 0 Å². The van der Waals surface area contributed by atoms with Crippen LogP contribution in [0.25, 0.3) is 10.1 Å². The molecule has 2 aromatic heterocycles. The Balaban J connectivity index is 1.38. The van der Waals surface area contributed by atoms with E-state index in [0.717, 1.165) is 16.6 Å². The Hall–Kier alpha value is -1.69. The molecule has 2 atom stereocenters. The minimum atomic E-state index is -0.0162. The highest BCUT2D eigenvalue weighted by molar-refractivity contribution is 7.17. The zero-order chi connectivity index (χ0) is 18.9. The lowest BCUT2D eigenvalue weighted by Crippen LogP contribution is -2.38. The van der Waals surface area contributed by atoms with Crippen LogP contribution in [-0.2, 0) is 0 Å². The maximum Gasteiger partial charge on any atom is 0.265 e. The summed E-state index contributed by atoms with van der Waals surface area (Å²) in [5, 5.41) is 8.71. The molecule has 4 heterocycles. The predicted molar refractivity (Wildman–Crippen MR) is 120 cm³/mol. The Morgan fingerprint density at radius 1 is 1.04 bits per heavy atom. The molecule has 3 nitrogen and oxygen atoms in total. The van der Waals surface area contributed by atoms with Gasteiger partial charge in [-0.25, -0.2) is 0 Å². The molecule has 0 bridgehead atoms. The van der Waals surface area contributed by atoms with E-state index in [1.165, 1.54) is 78.6 Å². The minimum Gasteiger partial charge on any atom is -0.321 e. The quantitative estimate of drug-likeness (QED) is 0.546. The largest absolute Gasteiger partial charge is 0.321 e. The van der Waals surface area contributed by atoms with Crippen LogP contribution in [0.4, 0.5) is 5.69 Å². The summed E-state index contributed by atoms with van der Waals surface area (Å²) in [4.78, 5) is 15.9. The van der Waals surface area contributed by atoms with E-state index in [1.807, 2.05) is 34.9 Å². The third-order valence-electron chi connectivity index (χ3n) is 6.41. The van der Waals surface area contributed by atoms with Crippen LogP contribution in [0.1, 0.15) is 59.7 Å². The van der Waals surface area contributed by atoms with Crippen LogP contribution in [0.5, 0.6) is 0 Å². The van der Waals surface area contributed by atoms with Crippen molar-refractivity contribution >= 4 is 44.4 Å². The molecule has 0 radical (unpaired) electrons. The first-order valence-electron chi connectivity index (χ1n) is 10.4. The van der Waals surface area contributed by atoms with Crippen LogP contribution in [0, 0.1) is 0 Å². The van der Waals surface area contributed by atoms with Crippen LogP contribution in [0.15, 0.2) is 41.1 Å². The molecular formula is C23H26N2OS2. The van der Waals surface area contributed by atoms with Crippen molar-refractivity contribution in [3.63, 3.8) is 0 Å². The lowest BCUT2D eigenvalue weighted by atomic mass is 9.90. The Kier molecular flexibility index (Phi) is 5.22. The first kappa shape index (κ1) is 18.3. The molecule has 1 aromatic carbocycles. The molecule has 2 aliphatic heterocycles. The number of carbonyl (C=O) groups excluding carboxylic acids is 1. The lowest BCUT2D eigenvalue weighted by molar-refractivity contribution is 0.103. The SMILES string of the molecule is O=C(Nc1ccc2scc(C3CCC4CCCCN4CC3)c2c1)c1cccs1. The Labute approximate surface area is 174 Å². The molecule has 5 heteroatoms. The molecule has 2 unspecified atom stereocenters. The predicted octanol–water partition coefficient (Wildman–Crippen LogP) is 6.34. The van der Waals surface area contributed by atoms with Gasteiger partial charge in [-0.1, -0.05) is 12.5 Å². The molecule has 2 fully saturated rings. The number of amides is 1. The van der Waals surface area contributed by atoms with Gasteiger partial charge in [0.25, 0.3) is 5.91 Å². The summed E-state index contributed by atoms with van der Waals surface area (Å²) in [6, 6.07) is 11.0. The number of hydrogen-bond acceptors (Lipinski definition) is 4. The molecule has 2 saturated heterocycles. The molecule has 3 aromatic rings. The average Bonchev–Trinajstić information content (AvgIpc) is 3.35.